The van der Waals surface area contributed by atoms with Gasteiger partial charge in [-0.15, -0.1) is 0 Å². The number of alkyl halides is 2. The number of halogens is 2. The van der Waals surface area contributed by atoms with E-state index < -0.39 is 24.3 Å². The van der Waals surface area contributed by atoms with Gasteiger partial charge in [0.05, 0.1) is 0 Å². The van der Waals surface area contributed by atoms with E-state index in [9.17, 15) is 18.4 Å². The molecule has 0 aromatic carbocycles. The summed E-state index contributed by atoms with van der Waals surface area (Å²) in [6.45, 7) is 1.80. The molecule has 6 heteroatoms. The van der Waals surface area contributed by atoms with Gasteiger partial charge in [-0.25, -0.2) is 28.1 Å². The molecule has 0 saturated heterocycles. The van der Waals surface area contributed by atoms with Crippen LogP contribution in [-0.2, 0) is 19.4 Å². The number of rotatable bonds is 2. The molecule has 0 aliphatic rings. The smallest absolute Gasteiger partial charge is 0.244 e. The molecule has 0 fully saturated rings. The average molecular weight is 182 g/mol. The second kappa shape index (κ2) is 4.63. The van der Waals surface area contributed by atoms with E-state index >= 15 is 0 Å². The van der Waals surface area contributed by atoms with Crippen LogP contribution in [0.4, 0.5) is 8.78 Å². The van der Waals surface area contributed by atoms with Crippen LogP contribution >= 0.6 is 0 Å². The predicted molar refractivity (Wildman–Crippen MR) is 33.3 cm³/mol. The van der Waals surface area contributed by atoms with Crippen molar-refractivity contribution in [1.29, 1.82) is 0 Å². The van der Waals surface area contributed by atoms with Crippen LogP contribution in [0.1, 0.15) is 13.8 Å². The van der Waals surface area contributed by atoms with Crippen LogP contribution in [0.25, 0.3) is 0 Å². The maximum atomic E-state index is 12.0. The Bertz CT molecular complexity index is 158. The Labute approximate surface area is 67.4 Å². The Balaban J connectivity index is 3.69. The van der Waals surface area contributed by atoms with Crippen molar-refractivity contribution in [3.8, 4) is 0 Å². The van der Waals surface area contributed by atoms with Gasteiger partial charge in [0.25, 0.3) is 0 Å². The van der Waals surface area contributed by atoms with Gasteiger partial charge in [-0.3, -0.25) is 0 Å². The zero-order valence-electron chi connectivity index (χ0n) is 6.54. The maximum absolute atomic E-state index is 12.0. The van der Waals surface area contributed by atoms with Gasteiger partial charge in [0.2, 0.25) is 0 Å². The molecule has 4 nitrogen and oxygen atoms in total. The van der Waals surface area contributed by atoms with Gasteiger partial charge in [-0.2, -0.15) is 0 Å². The van der Waals surface area contributed by atoms with Crippen LogP contribution in [0.15, 0.2) is 0 Å². The van der Waals surface area contributed by atoms with Crippen LogP contribution in [-0.4, -0.2) is 24.3 Å². The lowest BCUT2D eigenvalue weighted by Gasteiger charge is -2.03. The van der Waals surface area contributed by atoms with Crippen molar-refractivity contribution < 1.29 is 28.1 Å². The zero-order valence-corrected chi connectivity index (χ0v) is 6.54. The summed E-state index contributed by atoms with van der Waals surface area (Å²) in [5, 5.41) is 0. The molecule has 0 N–H and O–H groups in total. The summed E-state index contributed by atoms with van der Waals surface area (Å²) in [7, 11) is 0. The average Bonchev–Trinajstić information content (AvgIpc) is 1.98. The largest absolute Gasteiger partial charge is 0.389 e. The Morgan fingerprint density at radius 1 is 1.00 bits per heavy atom. The quantitative estimate of drug-likeness (QED) is 0.466. The number of hydrogen-bond donors (Lipinski definition) is 0. The van der Waals surface area contributed by atoms with Crippen molar-refractivity contribution in [3.63, 3.8) is 0 Å². The molecule has 0 aromatic rings. The molecule has 0 aliphatic heterocycles. The summed E-state index contributed by atoms with van der Waals surface area (Å²) in [4.78, 5) is 27.8. The van der Waals surface area contributed by atoms with Crippen LogP contribution < -0.4 is 0 Å². The first-order valence-electron chi connectivity index (χ1n) is 3.15. The van der Waals surface area contributed by atoms with Gasteiger partial charge < -0.3 is 0 Å². The van der Waals surface area contributed by atoms with Crippen molar-refractivity contribution in [3.05, 3.63) is 0 Å². The minimum Gasteiger partial charge on any atom is -0.244 e. The molecule has 0 radical (unpaired) electrons. The maximum Gasteiger partial charge on any atom is 0.389 e. The lowest BCUT2D eigenvalue weighted by atomic mass is 10.5. The van der Waals surface area contributed by atoms with Crippen molar-refractivity contribution >= 4 is 11.9 Å². The summed E-state index contributed by atoms with van der Waals surface area (Å²) in [5.74, 6) is -2.74. The van der Waals surface area contributed by atoms with Crippen molar-refractivity contribution in [1.82, 2.24) is 0 Å². The van der Waals surface area contributed by atoms with E-state index in [1.54, 1.807) is 0 Å². The summed E-state index contributed by atoms with van der Waals surface area (Å²) in [6.07, 6.45) is -3.82. The monoisotopic (exact) mass is 182 g/mol. The third-order valence-electron chi connectivity index (χ3n) is 0.856. The minimum atomic E-state index is -1.91. The molecular formula is C6H8F2O4. The first-order chi connectivity index (χ1) is 5.45. The molecule has 0 rings (SSSR count). The standard InChI is InChI=1S/C6H8F2O4/c1-3(7)5(9)11-12-6(10)4(2)8/h3-4H,1-2H3. The fraction of sp³-hybridized carbons (Fsp3) is 0.667. The van der Waals surface area contributed by atoms with E-state index in [1.165, 1.54) is 0 Å². The molecule has 0 heterocycles. The lowest BCUT2D eigenvalue weighted by Crippen LogP contribution is -2.22. The SMILES string of the molecule is CC(F)C(=O)OOC(=O)C(C)F. The first-order valence-corrected chi connectivity index (χ1v) is 3.15. The summed E-state index contributed by atoms with van der Waals surface area (Å²) >= 11 is 0. The van der Waals surface area contributed by atoms with Crippen LogP contribution in [0, 0.1) is 0 Å². The highest BCUT2D eigenvalue weighted by atomic mass is 19.1. The molecule has 12 heavy (non-hydrogen) atoms. The lowest BCUT2D eigenvalue weighted by molar-refractivity contribution is -0.265. The molecule has 2 unspecified atom stereocenters. The van der Waals surface area contributed by atoms with Crippen molar-refractivity contribution in [2.45, 2.75) is 26.2 Å². The van der Waals surface area contributed by atoms with Gasteiger partial charge in [-0.1, -0.05) is 0 Å². The van der Waals surface area contributed by atoms with E-state index in [2.05, 4.69) is 9.78 Å². The highest BCUT2D eigenvalue weighted by Crippen LogP contribution is 1.97. The molecule has 0 aliphatic carbocycles. The van der Waals surface area contributed by atoms with E-state index in [1.807, 2.05) is 0 Å². The molecule has 0 amide bonds. The Morgan fingerprint density at radius 3 is 1.42 bits per heavy atom. The number of carbonyl (C=O) groups is 2. The summed E-state index contributed by atoms with van der Waals surface area (Å²) in [6, 6.07) is 0. The molecule has 2 atom stereocenters. The molecule has 0 saturated carbocycles. The summed E-state index contributed by atoms with van der Waals surface area (Å²) < 4.78 is 24.0. The number of carbonyl (C=O) groups excluding carboxylic acids is 2. The van der Waals surface area contributed by atoms with Crippen LogP contribution in [0.2, 0.25) is 0 Å². The fourth-order valence-corrected chi connectivity index (χ4v) is 0.215. The van der Waals surface area contributed by atoms with Gasteiger partial charge in [0.1, 0.15) is 0 Å². The van der Waals surface area contributed by atoms with Crippen molar-refractivity contribution in [2.75, 3.05) is 0 Å². The predicted octanol–water partition coefficient (Wildman–Crippen LogP) is 0.704. The second-order valence-corrected chi connectivity index (χ2v) is 2.04. The molecular weight excluding hydrogens is 174 g/mol. The van der Waals surface area contributed by atoms with Crippen molar-refractivity contribution in [2.24, 2.45) is 0 Å². The third kappa shape index (κ3) is 3.85. The normalized spacial score (nSPS) is 14.7. The third-order valence-corrected chi connectivity index (χ3v) is 0.856. The Morgan fingerprint density at radius 2 is 1.25 bits per heavy atom. The highest BCUT2D eigenvalue weighted by Gasteiger charge is 2.19. The van der Waals surface area contributed by atoms with Gasteiger partial charge in [0.15, 0.2) is 12.3 Å². The topological polar surface area (TPSA) is 52.6 Å². The highest BCUT2D eigenvalue weighted by molar-refractivity contribution is 5.77. The zero-order chi connectivity index (χ0) is 9.72. The minimum absolute atomic E-state index is 0.898. The van der Waals surface area contributed by atoms with E-state index in [0.717, 1.165) is 13.8 Å². The first kappa shape index (κ1) is 10.8. The van der Waals surface area contributed by atoms with Gasteiger partial charge in [0, 0.05) is 0 Å². The Kier molecular flexibility index (Phi) is 4.17. The number of hydrogen-bond acceptors (Lipinski definition) is 4. The fourth-order valence-electron chi connectivity index (χ4n) is 0.215. The van der Waals surface area contributed by atoms with E-state index in [0.29, 0.717) is 0 Å². The molecule has 0 aromatic heterocycles. The second-order valence-electron chi connectivity index (χ2n) is 2.04. The van der Waals surface area contributed by atoms with Gasteiger partial charge >= 0.3 is 11.9 Å². The van der Waals surface area contributed by atoms with Gasteiger partial charge in [-0.05, 0) is 13.8 Å². The van der Waals surface area contributed by atoms with E-state index in [4.69, 9.17) is 0 Å². The Hall–Kier alpha value is -1.20. The van der Waals surface area contributed by atoms with Crippen LogP contribution in [0.3, 0.4) is 0 Å². The summed E-state index contributed by atoms with van der Waals surface area (Å²) in [5.41, 5.74) is 0. The van der Waals surface area contributed by atoms with Crippen LogP contribution in [0.5, 0.6) is 0 Å². The molecule has 70 valence electrons. The molecule has 0 spiro atoms. The van der Waals surface area contributed by atoms with E-state index in [-0.39, 0.29) is 0 Å². The molecule has 0 bridgehead atoms.